The molecule has 0 unspecified atom stereocenters. The van der Waals surface area contributed by atoms with E-state index in [-0.39, 0.29) is 6.04 Å². The fourth-order valence-corrected chi connectivity index (χ4v) is 3.40. The molecule has 0 spiro atoms. The van der Waals surface area contributed by atoms with Crippen molar-refractivity contribution < 1.29 is 14.3 Å². The van der Waals surface area contributed by atoms with Crippen molar-refractivity contribution in [2.24, 2.45) is 0 Å². The van der Waals surface area contributed by atoms with E-state index in [2.05, 4.69) is 15.4 Å². The third kappa shape index (κ3) is 4.20. The molecule has 0 aliphatic heterocycles. The van der Waals surface area contributed by atoms with E-state index in [9.17, 15) is 9.59 Å². The average molecular weight is 409 g/mol. The van der Waals surface area contributed by atoms with Gasteiger partial charge in [-0.15, -0.1) is 0 Å². The highest BCUT2D eigenvalue weighted by Gasteiger charge is 2.24. The van der Waals surface area contributed by atoms with Crippen molar-refractivity contribution in [1.29, 1.82) is 0 Å². The molecule has 0 aliphatic carbocycles. The van der Waals surface area contributed by atoms with Crippen molar-refractivity contribution in [2.45, 2.75) is 59.6 Å². The van der Waals surface area contributed by atoms with Crippen LogP contribution in [0.1, 0.15) is 61.8 Å². The average Bonchev–Trinajstić information content (AvgIpc) is 3.20. The van der Waals surface area contributed by atoms with Crippen molar-refractivity contribution in [3.8, 4) is 0 Å². The van der Waals surface area contributed by atoms with Crippen LogP contribution in [0.15, 0.2) is 36.5 Å². The van der Waals surface area contributed by atoms with E-state index < -0.39 is 18.0 Å². The Hall–Kier alpha value is -3.22. The standard InChI is InChI=1S/C23H28N4O3/c1-6-14(3)27-20(12-13-24-27)26-22(28)16(5)30-23(29)21-15(4)18(7-2)25-19-11-9-8-10-17(19)21/h8-14,16H,6-7H2,1-5H3,(H,26,28)/t14-,16-/m1/s1. The molecule has 0 radical (unpaired) electrons. The maximum absolute atomic E-state index is 13.0. The summed E-state index contributed by atoms with van der Waals surface area (Å²) < 4.78 is 7.30. The van der Waals surface area contributed by atoms with Crippen LogP contribution in [0.25, 0.3) is 10.9 Å². The first-order chi connectivity index (χ1) is 14.4. The van der Waals surface area contributed by atoms with Crippen LogP contribution in [-0.4, -0.2) is 32.7 Å². The highest BCUT2D eigenvalue weighted by Crippen LogP contribution is 2.25. The highest BCUT2D eigenvalue weighted by atomic mass is 16.5. The number of nitrogens with zero attached hydrogens (tertiary/aromatic N) is 3. The molecule has 0 aliphatic rings. The summed E-state index contributed by atoms with van der Waals surface area (Å²) in [5, 5.41) is 7.79. The van der Waals surface area contributed by atoms with Gasteiger partial charge in [-0.3, -0.25) is 9.78 Å². The zero-order valence-corrected chi connectivity index (χ0v) is 18.1. The Morgan fingerprint density at radius 2 is 1.90 bits per heavy atom. The molecule has 30 heavy (non-hydrogen) atoms. The number of amides is 1. The number of para-hydroxylation sites is 1. The molecule has 2 heterocycles. The largest absolute Gasteiger partial charge is 0.449 e. The summed E-state index contributed by atoms with van der Waals surface area (Å²) in [6, 6.07) is 9.34. The Bertz CT molecular complexity index is 1070. The maximum Gasteiger partial charge on any atom is 0.339 e. The minimum atomic E-state index is -0.964. The van der Waals surface area contributed by atoms with Crippen molar-refractivity contribution >= 4 is 28.6 Å². The van der Waals surface area contributed by atoms with Crippen LogP contribution < -0.4 is 5.32 Å². The summed E-state index contributed by atoms with van der Waals surface area (Å²) in [4.78, 5) is 30.3. The first-order valence-electron chi connectivity index (χ1n) is 10.3. The monoisotopic (exact) mass is 408 g/mol. The molecule has 7 heteroatoms. The second-order valence-corrected chi connectivity index (χ2v) is 7.38. The molecule has 0 bridgehead atoms. The summed E-state index contributed by atoms with van der Waals surface area (Å²) in [7, 11) is 0. The second kappa shape index (κ2) is 9.07. The van der Waals surface area contributed by atoms with E-state index in [1.165, 1.54) is 0 Å². The van der Waals surface area contributed by atoms with Gasteiger partial charge >= 0.3 is 5.97 Å². The number of carbonyl (C=O) groups excluding carboxylic acids is 2. The molecule has 1 amide bonds. The third-order valence-electron chi connectivity index (χ3n) is 5.36. The normalized spacial score (nSPS) is 13.1. The zero-order chi connectivity index (χ0) is 21.8. The van der Waals surface area contributed by atoms with Gasteiger partial charge in [-0.05, 0) is 45.2 Å². The minimum absolute atomic E-state index is 0.145. The smallest absolute Gasteiger partial charge is 0.339 e. The zero-order valence-electron chi connectivity index (χ0n) is 18.1. The van der Waals surface area contributed by atoms with E-state index >= 15 is 0 Å². The van der Waals surface area contributed by atoms with Crippen molar-refractivity contribution in [3.63, 3.8) is 0 Å². The topological polar surface area (TPSA) is 86.1 Å². The summed E-state index contributed by atoms with van der Waals surface area (Å²) in [5.74, 6) is -0.352. The van der Waals surface area contributed by atoms with Gasteiger partial charge in [-0.25, -0.2) is 9.48 Å². The first kappa shape index (κ1) is 21.5. The number of hydrogen-bond acceptors (Lipinski definition) is 5. The number of rotatable bonds is 7. The fourth-order valence-electron chi connectivity index (χ4n) is 3.40. The number of ether oxygens (including phenoxy) is 1. The molecule has 3 rings (SSSR count). The summed E-state index contributed by atoms with van der Waals surface area (Å²) in [6.45, 7) is 9.50. The van der Waals surface area contributed by atoms with Gasteiger partial charge in [0.25, 0.3) is 5.91 Å². The fraction of sp³-hybridized carbons (Fsp3) is 0.391. The Morgan fingerprint density at radius 3 is 2.60 bits per heavy atom. The van der Waals surface area contributed by atoms with E-state index in [0.29, 0.717) is 17.8 Å². The molecular formula is C23H28N4O3. The van der Waals surface area contributed by atoms with Crippen LogP contribution in [0.2, 0.25) is 0 Å². The molecule has 0 saturated carbocycles. The number of anilines is 1. The predicted octanol–water partition coefficient (Wildman–Crippen LogP) is 4.46. The van der Waals surface area contributed by atoms with Crippen molar-refractivity contribution in [3.05, 3.63) is 53.3 Å². The van der Waals surface area contributed by atoms with Gasteiger partial charge in [0.2, 0.25) is 0 Å². The molecule has 0 saturated heterocycles. The molecule has 158 valence electrons. The Kier molecular flexibility index (Phi) is 6.50. The minimum Gasteiger partial charge on any atom is -0.449 e. The number of nitrogens with one attached hydrogen (secondary N) is 1. The van der Waals surface area contributed by atoms with Crippen LogP contribution in [-0.2, 0) is 16.0 Å². The Labute approximate surface area is 176 Å². The second-order valence-electron chi connectivity index (χ2n) is 7.38. The molecule has 1 N–H and O–H groups in total. The molecular weight excluding hydrogens is 380 g/mol. The van der Waals surface area contributed by atoms with Gasteiger partial charge in [0.15, 0.2) is 6.10 Å². The highest BCUT2D eigenvalue weighted by molar-refractivity contribution is 6.06. The first-order valence-corrected chi connectivity index (χ1v) is 10.3. The molecule has 0 fully saturated rings. The third-order valence-corrected chi connectivity index (χ3v) is 5.36. The predicted molar refractivity (Wildman–Crippen MR) is 117 cm³/mol. The van der Waals surface area contributed by atoms with Crippen LogP contribution in [0.4, 0.5) is 5.82 Å². The van der Waals surface area contributed by atoms with E-state index in [1.54, 1.807) is 23.9 Å². The van der Waals surface area contributed by atoms with E-state index in [4.69, 9.17) is 4.74 Å². The van der Waals surface area contributed by atoms with E-state index in [0.717, 1.165) is 28.6 Å². The lowest BCUT2D eigenvalue weighted by Gasteiger charge is -2.18. The van der Waals surface area contributed by atoms with Crippen molar-refractivity contribution in [2.75, 3.05) is 5.32 Å². The number of aryl methyl sites for hydroxylation is 1. The molecule has 7 nitrogen and oxygen atoms in total. The molecule has 2 atom stereocenters. The van der Waals surface area contributed by atoms with Crippen LogP contribution in [0.5, 0.6) is 0 Å². The van der Waals surface area contributed by atoms with Gasteiger partial charge in [-0.2, -0.15) is 5.10 Å². The lowest BCUT2D eigenvalue weighted by Crippen LogP contribution is -2.31. The van der Waals surface area contributed by atoms with Gasteiger partial charge in [-0.1, -0.05) is 32.0 Å². The van der Waals surface area contributed by atoms with Crippen molar-refractivity contribution in [1.82, 2.24) is 14.8 Å². The van der Waals surface area contributed by atoms with Gasteiger partial charge in [0.1, 0.15) is 5.82 Å². The van der Waals surface area contributed by atoms with Gasteiger partial charge in [0.05, 0.1) is 23.3 Å². The SMILES string of the molecule is CCc1nc2ccccc2c(C(=O)O[C@H](C)C(=O)Nc2ccnn2[C@H](C)CC)c1C. The molecule has 1 aromatic carbocycles. The maximum atomic E-state index is 13.0. The summed E-state index contributed by atoms with van der Waals surface area (Å²) >= 11 is 0. The number of carbonyl (C=O) groups is 2. The Morgan fingerprint density at radius 1 is 1.17 bits per heavy atom. The van der Waals surface area contributed by atoms with E-state index in [1.807, 2.05) is 52.0 Å². The molecule has 2 aromatic heterocycles. The summed E-state index contributed by atoms with van der Waals surface area (Å²) in [6.07, 6.45) is 2.25. The van der Waals surface area contributed by atoms with Gasteiger partial charge < -0.3 is 10.1 Å². The quantitative estimate of drug-likeness (QED) is 0.584. The number of pyridine rings is 1. The lowest BCUT2D eigenvalue weighted by atomic mass is 10.0. The number of benzene rings is 1. The van der Waals surface area contributed by atoms with Crippen LogP contribution >= 0.6 is 0 Å². The van der Waals surface area contributed by atoms with Crippen LogP contribution in [0.3, 0.4) is 0 Å². The number of fused-ring (bicyclic) bond motifs is 1. The van der Waals surface area contributed by atoms with Gasteiger partial charge in [0, 0.05) is 17.1 Å². The van der Waals surface area contributed by atoms with Crippen LogP contribution in [0, 0.1) is 6.92 Å². The Balaban J connectivity index is 1.82. The lowest BCUT2D eigenvalue weighted by molar-refractivity contribution is -0.123. The number of esters is 1. The molecule has 3 aromatic rings. The summed E-state index contributed by atoms with van der Waals surface area (Å²) in [5.41, 5.74) is 2.82. The number of hydrogen-bond donors (Lipinski definition) is 1. The number of aromatic nitrogens is 3.